The second-order valence-corrected chi connectivity index (χ2v) is 5.32. The number of thiazole rings is 1. The predicted molar refractivity (Wildman–Crippen MR) is 67.7 cm³/mol. The van der Waals surface area contributed by atoms with Crippen molar-refractivity contribution in [1.82, 2.24) is 10.3 Å². The third-order valence-electron chi connectivity index (χ3n) is 2.05. The summed E-state index contributed by atoms with van der Waals surface area (Å²) in [6.45, 7) is 2.34. The van der Waals surface area contributed by atoms with Gasteiger partial charge in [0.2, 0.25) is 0 Å². The van der Waals surface area contributed by atoms with Crippen LogP contribution in [0.15, 0.2) is 22.9 Å². The highest BCUT2D eigenvalue weighted by molar-refractivity contribution is 7.10. The van der Waals surface area contributed by atoms with E-state index in [1.54, 1.807) is 29.8 Å². The highest BCUT2D eigenvalue weighted by Crippen LogP contribution is 2.11. The molecule has 86 valence electrons. The fourth-order valence-electron chi connectivity index (χ4n) is 1.35. The van der Waals surface area contributed by atoms with E-state index in [1.807, 2.05) is 0 Å². The van der Waals surface area contributed by atoms with Crippen molar-refractivity contribution in [2.75, 3.05) is 7.11 Å². The largest absolute Gasteiger partial charge is 0.378 e. The summed E-state index contributed by atoms with van der Waals surface area (Å²) in [6, 6.07) is 4.20. The van der Waals surface area contributed by atoms with Gasteiger partial charge in [0.1, 0.15) is 5.01 Å². The third kappa shape index (κ3) is 3.38. The van der Waals surface area contributed by atoms with E-state index in [0.717, 1.165) is 23.8 Å². The standard InChI is InChI=1S/C11H14N2OS2/c1-14-7-11-13-9(8-16-11)5-12-6-10-3-2-4-15-10/h2-4,8,12H,5-7H2,1H3. The van der Waals surface area contributed by atoms with Gasteiger partial charge in [-0.2, -0.15) is 0 Å². The molecule has 0 atom stereocenters. The molecular formula is C11H14N2OS2. The van der Waals surface area contributed by atoms with Crippen LogP contribution in [-0.4, -0.2) is 12.1 Å². The summed E-state index contributed by atoms with van der Waals surface area (Å²) < 4.78 is 5.03. The summed E-state index contributed by atoms with van der Waals surface area (Å²) >= 11 is 3.42. The first-order valence-electron chi connectivity index (χ1n) is 5.04. The Morgan fingerprint density at radius 3 is 3.06 bits per heavy atom. The number of rotatable bonds is 6. The van der Waals surface area contributed by atoms with Crippen LogP contribution in [0.3, 0.4) is 0 Å². The van der Waals surface area contributed by atoms with Gasteiger partial charge in [0.25, 0.3) is 0 Å². The smallest absolute Gasteiger partial charge is 0.119 e. The van der Waals surface area contributed by atoms with Crippen molar-refractivity contribution < 1.29 is 4.74 Å². The fourth-order valence-corrected chi connectivity index (χ4v) is 2.79. The molecule has 0 spiro atoms. The Morgan fingerprint density at radius 2 is 2.31 bits per heavy atom. The molecule has 2 aromatic heterocycles. The van der Waals surface area contributed by atoms with E-state index in [0.29, 0.717) is 6.61 Å². The van der Waals surface area contributed by atoms with E-state index in [-0.39, 0.29) is 0 Å². The van der Waals surface area contributed by atoms with Gasteiger partial charge in [-0.3, -0.25) is 0 Å². The molecule has 1 N–H and O–H groups in total. The van der Waals surface area contributed by atoms with Crippen molar-refractivity contribution >= 4 is 22.7 Å². The fraction of sp³-hybridized carbons (Fsp3) is 0.364. The summed E-state index contributed by atoms with van der Waals surface area (Å²) in [5.74, 6) is 0. The molecule has 16 heavy (non-hydrogen) atoms. The number of thiophene rings is 1. The van der Waals surface area contributed by atoms with Crippen LogP contribution in [0.4, 0.5) is 0 Å². The minimum atomic E-state index is 0.607. The number of methoxy groups -OCH3 is 1. The monoisotopic (exact) mass is 254 g/mol. The van der Waals surface area contributed by atoms with Gasteiger partial charge in [-0.25, -0.2) is 4.98 Å². The summed E-state index contributed by atoms with van der Waals surface area (Å²) in [5, 5.41) is 8.58. The van der Waals surface area contributed by atoms with Crippen molar-refractivity contribution in [2.24, 2.45) is 0 Å². The second kappa shape index (κ2) is 6.10. The number of nitrogens with one attached hydrogen (secondary N) is 1. The Labute approximate surface area is 103 Å². The van der Waals surface area contributed by atoms with E-state index in [2.05, 4.69) is 33.2 Å². The molecule has 5 heteroatoms. The maximum Gasteiger partial charge on any atom is 0.119 e. The molecule has 0 aliphatic heterocycles. The molecule has 0 radical (unpaired) electrons. The zero-order valence-corrected chi connectivity index (χ0v) is 10.7. The summed E-state index contributed by atoms with van der Waals surface area (Å²) in [7, 11) is 1.69. The molecule has 2 rings (SSSR count). The molecule has 0 unspecified atom stereocenters. The summed E-state index contributed by atoms with van der Waals surface area (Å²) in [5.41, 5.74) is 1.09. The van der Waals surface area contributed by atoms with Crippen LogP contribution in [0.25, 0.3) is 0 Å². The third-order valence-corrected chi connectivity index (χ3v) is 3.80. The first-order valence-corrected chi connectivity index (χ1v) is 6.79. The topological polar surface area (TPSA) is 34.1 Å². The molecule has 2 heterocycles. The van der Waals surface area contributed by atoms with E-state index in [4.69, 9.17) is 4.74 Å². The van der Waals surface area contributed by atoms with Crippen LogP contribution >= 0.6 is 22.7 Å². The lowest BCUT2D eigenvalue weighted by Crippen LogP contribution is -2.12. The molecule has 0 bridgehead atoms. The Bertz CT molecular complexity index is 411. The first kappa shape index (κ1) is 11.7. The minimum absolute atomic E-state index is 0.607. The normalized spacial score (nSPS) is 10.8. The second-order valence-electron chi connectivity index (χ2n) is 3.35. The molecule has 0 saturated heterocycles. The Balaban J connectivity index is 1.76. The van der Waals surface area contributed by atoms with Gasteiger partial charge in [0, 0.05) is 30.5 Å². The van der Waals surface area contributed by atoms with Gasteiger partial charge >= 0.3 is 0 Å². The minimum Gasteiger partial charge on any atom is -0.378 e. The molecule has 0 fully saturated rings. The molecule has 0 aliphatic carbocycles. The van der Waals surface area contributed by atoms with Crippen LogP contribution in [0.5, 0.6) is 0 Å². The van der Waals surface area contributed by atoms with Crippen molar-refractivity contribution in [3.05, 3.63) is 38.5 Å². The van der Waals surface area contributed by atoms with Crippen LogP contribution in [-0.2, 0) is 24.4 Å². The lowest BCUT2D eigenvalue weighted by molar-refractivity contribution is 0.184. The van der Waals surface area contributed by atoms with E-state index in [1.165, 1.54) is 4.88 Å². The summed E-state index contributed by atoms with van der Waals surface area (Å²) in [4.78, 5) is 5.81. The maximum absolute atomic E-state index is 5.03. The molecular weight excluding hydrogens is 240 g/mol. The number of hydrogen-bond acceptors (Lipinski definition) is 5. The van der Waals surface area contributed by atoms with E-state index >= 15 is 0 Å². The van der Waals surface area contributed by atoms with Gasteiger partial charge in [0.15, 0.2) is 0 Å². The molecule has 0 aliphatic rings. The zero-order chi connectivity index (χ0) is 11.2. The van der Waals surface area contributed by atoms with E-state index in [9.17, 15) is 0 Å². The van der Waals surface area contributed by atoms with Gasteiger partial charge < -0.3 is 10.1 Å². The Morgan fingerprint density at radius 1 is 1.38 bits per heavy atom. The number of ether oxygens (including phenoxy) is 1. The van der Waals surface area contributed by atoms with Crippen LogP contribution in [0, 0.1) is 0 Å². The quantitative estimate of drug-likeness (QED) is 0.860. The van der Waals surface area contributed by atoms with Crippen LogP contribution in [0.2, 0.25) is 0 Å². The van der Waals surface area contributed by atoms with Gasteiger partial charge in [0.05, 0.1) is 12.3 Å². The van der Waals surface area contributed by atoms with Gasteiger partial charge in [-0.15, -0.1) is 22.7 Å². The van der Waals surface area contributed by atoms with Crippen LogP contribution in [0.1, 0.15) is 15.6 Å². The number of nitrogens with zero attached hydrogens (tertiary/aromatic N) is 1. The number of hydrogen-bond donors (Lipinski definition) is 1. The Kier molecular flexibility index (Phi) is 4.47. The lowest BCUT2D eigenvalue weighted by atomic mass is 10.4. The number of aromatic nitrogens is 1. The molecule has 0 saturated carbocycles. The SMILES string of the molecule is COCc1nc(CNCc2cccs2)cs1. The van der Waals surface area contributed by atoms with Crippen molar-refractivity contribution in [1.29, 1.82) is 0 Å². The molecule has 3 nitrogen and oxygen atoms in total. The lowest BCUT2D eigenvalue weighted by Gasteiger charge is -1.99. The molecule has 2 aromatic rings. The van der Waals surface area contributed by atoms with Crippen molar-refractivity contribution in [2.45, 2.75) is 19.7 Å². The maximum atomic E-state index is 5.03. The predicted octanol–water partition coefficient (Wildman–Crippen LogP) is 2.64. The van der Waals surface area contributed by atoms with E-state index < -0.39 is 0 Å². The zero-order valence-electron chi connectivity index (χ0n) is 9.10. The highest BCUT2D eigenvalue weighted by atomic mass is 32.1. The first-order chi connectivity index (χ1) is 7.88. The van der Waals surface area contributed by atoms with Crippen molar-refractivity contribution in [3.8, 4) is 0 Å². The Hall–Kier alpha value is -0.750. The summed E-state index contributed by atoms with van der Waals surface area (Å²) in [6.07, 6.45) is 0. The molecule has 0 amide bonds. The van der Waals surface area contributed by atoms with Gasteiger partial charge in [-0.1, -0.05) is 6.07 Å². The van der Waals surface area contributed by atoms with Gasteiger partial charge in [-0.05, 0) is 11.4 Å². The average Bonchev–Trinajstić information content (AvgIpc) is 2.90. The van der Waals surface area contributed by atoms with Crippen molar-refractivity contribution in [3.63, 3.8) is 0 Å². The highest BCUT2D eigenvalue weighted by Gasteiger charge is 2.01. The van der Waals surface area contributed by atoms with Crippen LogP contribution < -0.4 is 5.32 Å². The molecule has 0 aromatic carbocycles. The average molecular weight is 254 g/mol.